The molecular weight excluding hydrogens is 414 g/mol. The Bertz CT molecular complexity index is 799. The third-order valence-corrected chi connectivity index (χ3v) is 5.99. The average Bonchev–Trinajstić information content (AvgIpc) is 3.15. The Morgan fingerprint density at radius 1 is 1.15 bits per heavy atom. The van der Waals surface area contributed by atoms with Crippen LogP contribution in [0.25, 0.3) is 0 Å². The summed E-state index contributed by atoms with van der Waals surface area (Å²) in [7, 11) is 0. The van der Waals surface area contributed by atoms with E-state index in [0.717, 1.165) is 49.8 Å². The van der Waals surface area contributed by atoms with Crippen LogP contribution in [0.5, 0.6) is 0 Å². The maximum Gasteiger partial charge on any atom is 0.310 e. The first kappa shape index (κ1) is 26.8. The molecule has 1 fully saturated rings. The number of esters is 1. The highest BCUT2D eigenvalue weighted by Crippen LogP contribution is 2.23. The minimum Gasteiger partial charge on any atom is -0.433 e. The topological polar surface area (TPSA) is 64.6 Å². The summed E-state index contributed by atoms with van der Waals surface area (Å²) in [6.07, 6.45) is 11.0. The van der Waals surface area contributed by atoms with Gasteiger partial charge in [0.15, 0.2) is 0 Å². The first-order valence-electron chi connectivity index (χ1n) is 12.4. The van der Waals surface area contributed by atoms with Gasteiger partial charge in [-0.05, 0) is 57.1 Å². The summed E-state index contributed by atoms with van der Waals surface area (Å²) in [5.74, 6) is 0.366. The molecule has 0 aromatic heterocycles. The van der Waals surface area contributed by atoms with Crippen molar-refractivity contribution in [2.45, 2.75) is 98.0 Å². The number of carbonyl (C=O) groups excluding carboxylic acids is 2. The van der Waals surface area contributed by atoms with Crippen molar-refractivity contribution in [3.8, 4) is 0 Å². The molecule has 0 radical (unpaired) electrons. The van der Waals surface area contributed by atoms with Crippen LogP contribution in [-0.4, -0.2) is 24.1 Å². The predicted octanol–water partition coefficient (Wildman–Crippen LogP) is 6.24. The van der Waals surface area contributed by atoms with Gasteiger partial charge in [0, 0.05) is 12.1 Å². The molecule has 33 heavy (non-hydrogen) atoms. The maximum atomic E-state index is 12.1. The zero-order chi connectivity index (χ0) is 24.1. The van der Waals surface area contributed by atoms with Crippen molar-refractivity contribution < 1.29 is 19.1 Å². The summed E-state index contributed by atoms with van der Waals surface area (Å²) in [5, 5.41) is 3.58. The number of hydrogen-bond donors (Lipinski definition) is 1. The van der Waals surface area contributed by atoms with E-state index in [9.17, 15) is 9.59 Å². The van der Waals surface area contributed by atoms with Crippen LogP contribution < -0.4 is 5.32 Å². The molecule has 182 valence electrons. The first-order valence-corrected chi connectivity index (χ1v) is 12.4. The summed E-state index contributed by atoms with van der Waals surface area (Å²) in [4.78, 5) is 23.2. The standard InChI is InChI=1S/C28H41NO4/c1-5-6-13-22(3)25(18-17-21(2)12-10-11-14-23(4)30)29-26-19-27(31)33-28(26)32-20-24-15-8-7-9-16-24/h7-9,15-18,22,26,28-29H,5-6,10-14,19-20H2,1-4H3/b21-17+,25-18+/t22-,26-,28?/m0/s1. The van der Waals surface area contributed by atoms with Crippen molar-refractivity contribution in [3.63, 3.8) is 0 Å². The zero-order valence-electron chi connectivity index (χ0n) is 20.8. The number of rotatable bonds is 15. The molecule has 2 rings (SSSR count). The lowest BCUT2D eigenvalue weighted by Crippen LogP contribution is -2.38. The number of ketones is 1. The fourth-order valence-corrected chi connectivity index (χ4v) is 3.89. The molecular formula is C28H41NO4. The van der Waals surface area contributed by atoms with Crippen LogP contribution in [0.3, 0.4) is 0 Å². The number of carbonyl (C=O) groups is 2. The quantitative estimate of drug-likeness (QED) is 0.193. The van der Waals surface area contributed by atoms with Crippen molar-refractivity contribution in [1.82, 2.24) is 5.32 Å². The smallest absolute Gasteiger partial charge is 0.310 e. The van der Waals surface area contributed by atoms with Crippen LogP contribution >= 0.6 is 0 Å². The lowest BCUT2D eigenvalue weighted by Gasteiger charge is -2.25. The number of hydrogen-bond acceptors (Lipinski definition) is 5. The number of benzene rings is 1. The molecule has 0 aliphatic carbocycles. The van der Waals surface area contributed by atoms with E-state index in [2.05, 4.69) is 38.2 Å². The molecule has 1 N–H and O–H groups in total. The Morgan fingerprint density at radius 3 is 2.58 bits per heavy atom. The molecule has 1 aliphatic rings. The van der Waals surface area contributed by atoms with E-state index in [1.807, 2.05) is 30.3 Å². The lowest BCUT2D eigenvalue weighted by molar-refractivity contribution is -0.167. The van der Waals surface area contributed by atoms with Crippen LogP contribution in [0, 0.1) is 5.92 Å². The van der Waals surface area contributed by atoms with Crippen molar-refractivity contribution in [2.24, 2.45) is 5.92 Å². The minimum absolute atomic E-state index is 0.208. The van der Waals surface area contributed by atoms with E-state index in [1.54, 1.807) is 6.92 Å². The van der Waals surface area contributed by atoms with Crippen LogP contribution in [0.4, 0.5) is 0 Å². The second-order valence-electron chi connectivity index (χ2n) is 9.20. The summed E-state index contributed by atoms with van der Waals surface area (Å²) in [6.45, 7) is 8.61. The highest BCUT2D eigenvalue weighted by atomic mass is 16.7. The molecule has 1 aromatic carbocycles. The summed E-state index contributed by atoms with van der Waals surface area (Å²) >= 11 is 0. The van der Waals surface area contributed by atoms with Crippen LogP contribution in [-0.2, 0) is 25.7 Å². The Morgan fingerprint density at radius 2 is 1.88 bits per heavy atom. The number of ether oxygens (including phenoxy) is 2. The van der Waals surface area contributed by atoms with Crippen molar-refractivity contribution in [3.05, 3.63) is 59.3 Å². The number of nitrogens with one attached hydrogen (secondary N) is 1. The van der Waals surface area contributed by atoms with E-state index in [-0.39, 0.29) is 17.8 Å². The molecule has 3 atom stereocenters. The average molecular weight is 456 g/mol. The zero-order valence-corrected chi connectivity index (χ0v) is 20.8. The number of allylic oxidation sites excluding steroid dienone is 4. The van der Waals surface area contributed by atoms with Gasteiger partial charge in [0.25, 0.3) is 0 Å². The first-order chi connectivity index (χ1) is 15.9. The fourth-order valence-electron chi connectivity index (χ4n) is 3.89. The predicted molar refractivity (Wildman–Crippen MR) is 132 cm³/mol. The molecule has 5 nitrogen and oxygen atoms in total. The third kappa shape index (κ3) is 10.4. The summed E-state index contributed by atoms with van der Waals surface area (Å²) in [5.41, 5.74) is 3.45. The summed E-state index contributed by atoms with van der Waals surface area (Å²) < 4.78 is 11.4. The van der Waals surface area contributed by atoms with Gasteiger partial charge < -0.3 is 19.6 Å². The SMILES string of the molecule is CCCC[C@H](C)/C(=C\C=C(/C)CCCCC(C)=O)N[C@H]1CC(=O)OC1OCc1ccccc1. The van der Waals surface area contributed by atoms with Gasteiger partial charge in [-0.25, -0.2) is 0 Å². The Balaban J connectivity index is 2.03. The van der Waals surface area contributed by atoms with Gasteiger partial charge in [0.1, 0.15) is 5.78 Å². The van der Waals surface area contributed by atoms with E-state index in [1.165, 1.54) is 5.57 Å². The molecule has 0 spiro atoms. The van der Waals surface area contributed by atoms with E-state index >= 15 is 0 Å². The normalized spacial score (nSPS) is 19.9. The molecule has 1 unspecified atom stereocenters. The van der Waals surface area contributed by atoms with Crippen LogP contribution in [0.2, 0.25) is 0 Å². The van der Waals surface area contributed by atoms with Crippen molar-refractivity contribution >= 4 is 11.8 Å². The third-order valence-electron chi connectivity index (χ3n) is 5.99. The van der Waals surface area contributed by atoms with Gasteiger partial charge >= 0.3 is 5.97 Å². The fraction of sp³-hybridized carbons (Fsp3) is 0.571. The van der Waals surface area contributed by atoms with E-state index < -0.39 is 6.29 Å². The van der Waals surface area contributed by atoms with Gasteiger partial charge in [0.2, 0.25) is 6.29 Å². The molecule has 1 saturated heterocycles. The number of Topliss-reactive ketones (excluding diaryl/α,β-unsaturated/α-hetero) is 1. The Kier molecular flexibility index (Phi) is 12.0. The lowest BCUT2D eigenvalue weighted by atomic mass is 9.98. The van der Waals surface area contributed by atoms with E-state index in [0.29, 0.717) is 25.4 Å². The van der Waals surface area contributed by atoms with Gasteiger partial charge in [-0.3, -0.25) is 4.79 Å². The Labute approximate surface area is 199 Å². The van der Waals surface area contributed by atoms with Crippen LogP contribution in [0.15, 0.2) is 53.8 Å². The minimum atomic E-state index is -0.601. The molecule has 0 amide bonds. The maximum absolute atomic E-state index is 12.1. The molecule has 1 aliphatic heterocycles. The molecule has 1 aromatic rings. The van der Waals surface area contributed by atoms with Gasteiger partial charge in [-0.15, -0.1) is 0 Å². The largest absolute Gasteiger partial charge is 0.433 e. The molecule has 0 bridgehead atoms. The number of cyclic esters (lactones) is 1. The monoisotopic (exact) mass is 455 g/mol. The summed E-state index contributed by atoms with van der Waals surface area (Å²) in [6, 6.07) is 9.71. The highest BCUT2D eigenvalue weighted by molar-refractivity contribution is 5.75. The molecule has 0 saturated carbocycles. The van der Waals surface area contributed by atoms with Gasteiger partial charge in [0.05, 0.1) is 19.1 Å². The Hall–Kier alpha value is -2.40. The van der Waals surface area contributed by atoms with Gasteiger partial charge in [-0.2, -0.15) is 0 Å². The second-order valence-corrected chi connectivity index (χ2v) is 9.20. The van der Waals surface area contributed by atoms with Gasteiger partial charge in [-0.1, -0.05) is 68.7 Å². The number of unbranched alkanes of at least 4 members (excludes halogenated alkanes) is 2. The van der Waals surface area contributed by atoms with Crippen molar-refractivity contribution in [2.75, 3.05) is 0 Å². The molecule has 5 heteroatoms. The molecule has 1 heterocycles. The van der Waals surface area contributed by atoms with E-state index in [4.69, 9.17) is 9.47 Å². The highest BCUT2D eigenvalue weighted by Gasteiger charge is 2.36. The van der Waals surface area contributed by atoms with Crippen LogP contribution in [0.1, 0.15) is 84.6 Å². The second kappa shape index (κ2) is 14.7. The van der Waals surface area contributed by atoms with Crippen molar-refractivity contribution in [1.29, 1.82) is 0 Å².